The Morgan fingerprint density at radius 2 is 1.59 bits per heavy atom. The number of carbonyl (C=O) groups excluding carboxylic acids is 2. The predicted octanol–water partition coefficient (Wildman–Crippen LogP) is 2.37. The minimum atomic E-state index is -0.221. The number of hydrogen-bond acceptors (Lipinski definition) is 3. The van der Waals surface area contributed by atoms with Crippen LogP contribution in [0.1, 0.15) is 53.9 Å². The van der Waals surface area contributed by atoms with Crippen molar-refractivity contribution in [3.63, 3.8) is 0 Å². The highest BCUT2D eigenvalue weighted by atomic mass is 16.5. The van der Waals surface area contributed by atoms with Crippen molar-refractivity contribution in [3.05, 3.63) is 0 Å². The molecule has 0 saturated heterocycles. The number of ether oxygens (including phenoxy) is 1. The summed E-state index contributed by atoms with van der Waals surface area (Å²) in [7, 11) is 0. The van der Waals surface area contributed by atoms with Crippen LogP contribution in [0.3, 0.4) is 0 Å². The Bertz CT molecular complexity index is 241. The lowest BCUT2D eigenvalue weighted by Crippen LogP contribution is -2.41. The van der Waals surface area contributed by atoms with Gasteiger partial charge in [0.1, 0.15) is 0 Å². The van der Waals surface area contributed by atoms with Crippen LogP contribution in [-0.4, -0.2) is 35.5 Å². The average molecular weight is 243 g/mol. The number of carbonyl (C=O) groups is 2. The van der Waals surface area contributed by atoms with Gasteiger partial charge >= 0.3 is 5.97 Å². The second kappa shape index (κ2) is 8.09. The third-order valence-corrected chi connectivity index (χ3v) is 2.48. The number of nitrogens with zero attached hydrogens (tertiary/aromatic N) is 1. The van der Waals surface area contributed by atoms with Crippen LogP contribution in [0, 0.1) is 0 Å². The Balaban J connectivity index is 4.03. The zero-order chi connectivity index (χ0) is 13.4. The second-order valence-electron chi connectivity index (χ2n) is 4.65. The first-order chi connectivity index (χ1) is 7.90. The smallest absolute Gasteiger partial charge is 0.305 e. The van der Waals surface area contributed by atoms with Gasteiger partial charge in [-0.15, -0.1) is 0 Å². The van der Waals surface area contributed by atoms with E-state index in [1.165, 1.54) is 0 Å². The summed E-state index contributed by atoms with van der Waals surface area (Å²) in [4.78, 5) is 24.9. The van der Waals surface area contributed by atoms with Crippen LogP contribution < -0.4 is 0 Å². The minimum absolute atomic E-state index is 0.110. The van der Waals surface area contributed by atoms with E-state index in [2.05, 4.69) is 0 Å². The summed E-state index contributed by atoms with van der Waals surface area (Å²) in [6.07, 6.45) is 1.30. The monoisotopic (exact) mass is 243 g/mol. The number of rotatable bonds is 7. The van der Waals surface area contributed by atoms with Gasteiger partial charge in [0, 0.05) is 24.9 Å². The summed E-state index contributed by atoms with van der Waals surface area (Å²) in [5.74, 6) is -0.111. The largest absolute Gasteiger partial charge is 0.466 e. The zero-order valence-corrected chi connectivity index (χ0v) is 11.7. The van der Waals surface area contributed by atoms with Crippen LogP contribution in [0.4, 0.5) is 0 Å². The molecule has 0 bridgehead atoms. The van der Waals surface area contributed by atoms with E-state index in [0.717, 1.165) is 0 Å². The lowest BCUT2D eigenvalue weighted by molar-refractivity contribution is -0.143. The van der Waals surface area contributed by atoms with E-state index in [1.54, 1.807) is 6.92 Å². The molecular weight excluding hydrogens is 218 g/mol. The molecular formula is C13H25NO3. The van der Waals surface area contributed by atoms with Crippen LogP contribution >= 0.6 is 0 Å². The first kappa shape index (κ1) is 15.9. The third kappa shape index (κ3) is 6.29. The highest BCUT2D eigenvalue weighted by Crippen LogP contribution is 2.10. The van der Waals surface area contributed by atoms with Crippen molar-refractivity contribution >= 4 is 11.9 Å². The SMILES string of the molecule is CCOC(=O)CCCC(=O)N(C(C)C)C(C)C. The molecule has 0 rings (SSSR count). The normalized spacial score (nSPS) is 10.8. The molecule has 0 aromatic rings. The van der Waals surface area contributed by atoms with E-state index in [1.807, 2.05) is 32.6 Å². The zero-order valence-electron chi connectivity index (χ0n) is 11.7. The Labute approximate surface area is 104 Å². The molecule has 0 fully saturated rings. The maximum atomic E-state index is 11.9. The molecule has 4 heteroatoms. The molecule has 0 unspecified atom stereocenters. The van der Waals surface area contributed by atoms with E-state index in [4.69, 9.17) is 4.74 Å². The van der Waals surface area contributed by atoms with Gasteiger partial charge in [-0.3, -0.25) is 9.59 Å². The van der Waals surface area contributed by atoms with E-state index in [9.17, 15) is 9.59 Å². The van der Waals surface area contributed by atoms with Gasteiger partial charge in [-0.1, -0.05) is 0 Å². The molecule has 0 aromatic heterocycles. The summed E-state index contributed by atoms with van der Waals surface area (Å²) in [5, 5.41) is 0. The first-order valence-corrected chi connectivity index (χ1v) is 6.36. The van der Waals surface area contributed by atoms with Gasteiger partial charge < -0.3 is 9.64 Å². The van der Waals surface area contributed by atoms with Gasteiger partial charge in [0.05, 0.1) is 6.61 Å². The summed E-state index contributed by atoms with van der Waals surface area (Å²) in [6.45, 7) is 10.2. The first-order valence-electron chi connectivity index (χ1n) is 6.36. The van der Waals surface area contributed by atoms with Gasteiger partial charge in [0.2, 0.25) is 5.91 Å². The maximum absolute atomic E-state index is 11.9. The molecule has 100 valence electrons. The second-order valence-corrected chi connectivity index (χ2v) is 4.65. The predicted molar refractivity (Wildman–Crippen MR) is 67.6 cm³/mol. The van der Waals surface area contributed by atoms with Crippen LogP contribution in [0.15, 0.2) is 0 Å². The quantitative estimate of drug-likeness (QED) is 0.645. The number of amides is 1. The molecule has 0 heterocycles. The van der Waals surface area contributed by atoms with E-state index in [0.29, 0.717) is 25.9 Å². The Morgan fingerprint density at radius 1 is 1.06 bits per heavy atom. The molecule has 0 N–H and O–H groups in total. The van der Waals surface area contributed by atoms with Gasteiger partial charge in [-0.25, -0.2) is 0 Å². The van der Waals surface area contributed by atoms with Crippen LogP contribution in [-0.2, 0) is 14.3 Å². The average Bonchev–Trinajstić information content (AvgIpc) is 2.16. The molecule has 0 spiro atoms. The topological polar surface area (TPSA) is 46.6 Å². The van der Waals surface area contributed by atoms with Crippen molar-refractivity contribution in [2.75, 3.05) is 6.61 Å². The number of esters is 1. The molecule has 0 saturated carbocycles. The van der Waals surface area contributed by atoms with Crippen LogP contribution in [0.25, 0.3) is 0 Å². The third-order valence-electron chi connectivity index (χ3n) is 2.48. The van der Waals surface area contributed by atoms with Crippen LogP contribution in [0.2, 0.25) is 0 Å². The molecule has 4 nitrogen and oxygen atoms in total. The fourth-order valence-corrected chi connectivity index (χ4v) is 1.92. The lowest BCUT2D eigenvalue weighted by atomic mass is 10.1. The van der Waals surface area contributed by atoms with Crippen molar-refractivity contribution in [3.8, 4) is 0 Å². The highest BCUT2D eigenvalue weighted by Gasteiger charge is 2.19. The van der Waals surface area contributed by atoms with Crippen molar-refractivity contribution < 1.29 is 14.3 Å². The molecule has 0 aliphatic heterocycles. The van der Waals surface area contributed by atoms with Gasteiger partial charge in [0.25, 0.3) is 0 Å². The molecule has 0 aromatic carbocycles. The molecule has 17 heavy (non-hydrogen) atoms. The van der Waals surface area contributed by atoms with Crippen molar-refractivity contribution in [2.45, 2.75) is 66.0 Å². The maximum Gasteiger partial charge on any atom is 0.305 e. The minimum Gasteiger partial charge on any atom is -0.466 e. The molecule has 0 aliphatic carbocycles. The lowest BCUT2D eigenvalue weighted by Gasteiger charge is -2.30. The fraction of sp³-hybridized carbons (Fsp3) is 0.846. The highest BCUT2D eigenvalue weighted by molar-refractivity contribution is 5.77. The molecule has 0 radical (unpaired) electrons. The van der Waals surface area contributed by atoms with Gasteiger partial charge in [-0.05, 0) is 41.0 Å². The van der Waals surface area contributed by atoms with Gasteiger partial charge in [0.15, 0.2) is 0 Å². The van der Waals surface area contributed by atoms with Crippen molar-refractivity contribution in [1.82, 2.24) is 4.90 Å². The summed E-state index contributed by atoms with van der Waals surface area (Å²) in [6, 6.07) is 0.398. The van der Waals surface area contributed by atoms with E-state index in [-0.39, 0.29) is 24.0 Å². The Kier molecular flexibility index (Phi) is 7.59. The summed E-state index contributed by atoms with van der Waals surface area (Å²) in [5.41, 5.74) is 0. The van der Waals surface area contributed by atoms with Gasteiger partial charge in [-0.2, -0.15) is 0 Å². The molecule has 0 atom stereocenters. The van der Waals surface area contributed by atoms with Crippen molar-refractivity contribution in [2.24, 2.45) is 0 Å². The Hall–Kier alpha value is -1.06. The Morgan fingerprint density at radius 3 is 2.00 bits per heavy atom. The number of hydrogen-bond donors (Lipinski definition) is 0. The standard InChI is InChI=1S/C13H25NO3/c1-6-17-13(16)9-7-8-12(15)14(10(2)3)11(4)5/h10-11H,6-9H2,1-5H3. The van der Waals surface area contributed by atoms with E-state index >= 15 is 0 Å². The van der Waals surface area contributed by atoms with Crippen molar-refractivity contribution in [1.29, 1.82) is 0 Å². The van der Waals surface area contributed by atoms with E-state index < -0.39 is 0 Å². The molecule has 1 amide bonds. The fourth-order valence-electron chi connectivity index (χ4n) is 1.92. The summed E-state index contributed by atoms with van der Waals surface area (Å²) >= 11 is 0. The molecule has 0 aliphatic rings. The van der Waals surface area contributed by atoms with Crippen LogP contribution in [0.5, 0.6) is 0 Å². The summed E-state index contributed by atoms with van der Waals surface area (Å²) < 4.78 is 4.82.